The van der Waals surface area contributed by atoms with Crippen molar-refractivity contribution in [3.05, 3.63) is 54.3 Å². The molecule has 1 aliphatic rings. The first-order valence-corrected chi connectivity index (χ1v) is 11.0. The molecule has 32 heavy (non-hydrogen) atoms. The molecule has 0 spiro atoms. The van der Waals surface area contributed by atoms with Crippen molar-refractivity contribution in [2.45, 2.75) is 19.3 Å². The van der Waals surface area contributed by atoms with Gasteiger partial charge in [-0.25, -0.2) is 13.9 Å². The number of aromatic nitrogens is 3. The fraction of sp³-hybridized carbons (Fsp3) is 0.261. The van der Waals surface area contributed by atoms with Crippen LogP contribution in [0.3, 0.4) is 0 Å². The minimum Gasteiger partial charge on any atom is -0.495 e. The average Bonchev–Trinajstić information content (AvgIpc) is 3.52. The lowest BCUT2D eigenvalue weighted by atomic mass is 10.0. The Morgan fingerprint density at radius 2 is 2.22 bits per heavy atom. The van der Waals surface area contributed by atoms with Gasteiger partial charge in [0.1, 0.15) is 23.4 Å². The number of anilines is 1. The Hall–Kier alpha value is -3.46. The van der Waals surface area contributed by atoms with Crippen molar-refractivity contribution < 1.29 is 13.9 Å². The fourth-order valence-electron chi connectivity index (χ4n) is 4.46. The molecule has 5 rings (SSSR count). The van der Waals surface area contributed by atoms with Crippen LogP contribution in [0, 0.1) is 12.7 Å². The van der Waals surface area contributed by atoms with Gasteiger partial charge in [0.15, 0.2) is 5.82 Å². The summed E-state index contributed by atoms with van der Waals surface area (Å²) in [5, 5.41) is 4.97. The van der Waals surface area contributed by atoms with E-state index in [1.54, 1.807) is 29.5 Å². The Bertz CT molecular complexity index is 1390. The summed E-state index contributed by atoms with van der Waals surface area (Å²) in [5.74, 6) is 0.741. The monoisotopic (exact) mass is 451 g/mol. The van der Waals surface area contributed by atoms with Crippen LogP contribution < -0.4 is 10.5 Å². The molecule has 0 radical (unpaired) electrons. The average molecular weight is 452 g/mol. The topological polar surface area (TPSA) is 85.8 Å². The van der Waals surface area contributed by atoms with E-state index in [0.717, 1.165) is 27.3 Å². The van der Waals surface area contributed by atoms with Crippen LogP contribution in [0.2, 0.25) is 0 Å². The number of nitrogen functional groups attached to an aromatic ring is 1. The summed E-state index contributed by atoms with van der Waals surface area (Å²) >= 11 is 1.45. The number of fused-ring (bicyclic) bond motifs is 2. The normalized spacial score (nSPS) is 16.2. The molecule has 4 heterocycles. The van der Waals surface area contributed by atoms with Gasteiger partial charge < -0.3 is 15.4 Å². The van der Waals surface area contributed by atoms with E-state index in [1.165, 1.54) is 23.7 Å². The Morgan fingerprint density at radius 3 is 2.97 bits per heavy atom. The van der Waals surface area contributed by atoms with Crippen molar-refractivity contribution in [1.29, 1.82) is 0 Å². The molecule has 1 aliphatic heterocycles. The smallest absolute Gasteiger partial charge is 0.245 e. The first-order chi connectivity index (χ1) is 15.4. The number of methoxy groups -OCH3 is 1. The SMILES string of the molecule is C=CC(=O)N1CC[C@H](c2cc(-c3cc4c(F)c(C)cc(OC)c4s3)c3c(N)ncnn23)C1. The number of rotatable bonds is 4. The van der Waals surface area contributed by atoms with Crippen LogP contribution in [0.4, 0.5) is 10.2 Å². The molecule has 3 aromatic heterocycles. The largest absolute Gasteiger partial charge is 0.495 e. The molecule has 0 bridgehead atoms. The lowest BCUT2D eigenvalue weighted by Crippen LogP contribution is -2.26. The third-order valence-corrected chi connectivity index (χ3v) is 7.26. The summed E-state index contributed by atoms with van der Waals surface area (Å²) in [4.78, 5) is 18.9. The number of carbonyl (C=O) groups excluding carboxylic acids is 1. The van der Waals surface area contributed by atoms with E-state index in [4.69, 9.17) is 10.5 Å². The molecule has 0 aliphatic carbocycles. The van der Waals surface area contributed by atoms with Crippen LogP contribution in [0.15, 0.2) is 37.2 Å². The van der Waals surface area contributed by atoms with Gasteiger partial charge in [-0.1, -0.05) is 6.58 Å². The molecule has 1 fully saturated rings. The summed E-state index contributed by atoms with van der Waals surface area (Å²) < 4.78 is 22.9. The number of ether oxygens (including phenoxy) is 1. The van der Waals surface area contributed by atoms with Crippen LogP contribution in [0.25, 0.3) is 26.0 Å². The number of hydrogen-bond donors (Lipinski definition) is 1. The van der Waals surface area contributed by atoms with Crippen LogP contribution >= 0.6 is 11.3 Å². The highest BCUT2D eigenvalue weighted by Crippen LogP contribution is 2.44. The van der Waals surface area contributed by atoms with Crippen LogP contribution in [0.1, 0.15) is 23.6 Å². The van der Waals surface area contributed by atoms with Crippen molar-refractivity contribution in [3.8, 4) is 16.2 Å². The second kappa shape index (κ2) is 7.59. The highest BCUT2D eigenvalue weighted by atomic mass is 32.1. The number of likely N-dealkylation sites (tertiary alicyclic amines) is 1. The number of hydrogen-bond acceptors (Lipinski definition) is 6. The molecule has 1 amide bonds. The number of carbonyl (C=O) groups is 1. The minimum absolute atomic E-state index is 0.0785. The second-order valence-corrected chi connectivity index (χ2v) is 8.98. The Balaban J connectivity index is 1.69. The van der Waals surface area contributed by atoms with Gasteiger partial charge in [-0.2, -0.15) is 5.10 Å². The van der Waals surface area contributed by atoms with E-state index in [2.05, 4.69) is 16.7 Å². The standard InChI is InChI=1S/C23H22FN5O2S/c1-4-19(30)28-6-5-13(10-28)16-8-14(21-23(25)26-11-27-29(16)21)18-9-15-20(24)12(2)7-17(31-3)22(15)32-18/h4,7-9,11,13H,1,5-6,10H2,2-3H3,(H2,25,26,27)/t13-/m0/s1. The molecule has 4 aromatic rings. The van der Waals surface area contributed by atoms with Crippen molar-refractivity contribution >= 4 is 38.7 Å². The lowest BCUT2D eigenvalue weighted by molar-refractivity contribution is -0.125. The maximum atomic E-state index is 14.9. The highest BCUT2D eigenvalue weighted by molar-refractivity contribution is 7.22. The van der Waals surface area contributed by atoms with Crippen molar-refractivity contribution in [3.63, 3.8) is 0 Å². The van der Waals surface area contributed by atoms with E-state index < -0.39 is 0 Å². The van der Waals surface area contributed by atoms with Crippen molar-refractivity contribution in [2.24, 2.45) is 0 Å². The molecule has 1 saturated heterocycles. The van der Waals surface area contributed by atoms with Crippen LogP contribution in [-0.2, 0) is 4.79 Å². The minimum atomic E-state index is -0.259. The third-order valence-electron chi connectivity index (χ3n) is 6.07. The summed E-state index contributed by atoms with van der Waals surface area (Å²) in [7, 11) is 1.58. The van der Waals surface area contributed by atoms with Gasteiger partial charge in [0.2, 0.25) is 5.91 Å². The maximum absolute atomic E-state index is 14.9. The fourth-order valence-corrected chi connectivity index (χ4v) is 5.62. The lowest BCUT2D eigenvalue weighted by Gasteiger charge is -2.14. The van der Waals surface area contributed by atoms with E-state index in [-0.39, 0.29) is 17.6 Å². The van der Waals surface area contributed by atoms with Gasteiger partial charge in [0.05, 0.1) is 11.8 Å². The van der Waals surface area contributed by atoms with Gasteiger partial charge in [-0.05, 0) is 43.2 Å². The number of halogens is 1. The summed E-state index contributed by atoms with van der Waals surface area (Å²) in [5.41, 5.74) is 9.26. The predicted octanol–water partition coefficient (Wildman–Crippen LogP) is 4.15. The van der Waals surface area contributed by atoms with E-state index >= 15 is 0 Å². The van der Waals surface area contributed by atoms with Crippen molar-refractivity contribution in [1.82, 2.24) is 19.5 Å². The summed E-state index contributed by atoms with van der Waals surface area (Å²) in [6, 6.07) is 5.58. The Labute approximate surface area is 187 Å². The molecule has 164 valence electrons. The first-order valence-electron chi connectivity index (χ1n) is 10.2. The van der Waals surface area contributed by atoms with Gasteiger partial charge in [-0.3, -0.25) is 4.79 Å². The quantitative estimate of drug-likeness (QED) is 0.471. The molecular formula is C23H22FN5O2S. The number of aryl methyl sites for hydroxylation is 1. The number of nitrogens with zero attached hydrogens (tertiary/aromatic N) is 4. The predicted molar refractivity (Wildman–Crippen MR) is 124 cm³/mol. The maximum Gasteiger partial charge on any atom is 0.245 e. The molecule has 1 atom stereocenters. The molecule has 0 saturated carbocycles. The van der Waals surface area contributed by atoms with Gasteiger partial charge >= 0.3 is 0 Å². The van der Waals surface area contributed by atoms with Gasteiger partial charge in [0, 0.05) is 40.5 Å². The summed E-state index contributed by atoms with van der Waals surface area (Å²) in [6.45, 7) is 6.54. The third kappa shape index (κ3) is 3.03. The zero-order chi connectivity index (χ0) is 22.6. The zero-order valence-electron chi connectivity index (χ0n) is 17.8. The van der Waals surface area contributed by atoms with Gasteiger partial charge in [0.25, 0.3) is 0 Å². The Morgan fingerprint density at radius 1 is 1.41 bits per heavy atom. The molecule has 1 aromatic carbocycles. The van der Waals surface area contributed by atoms with E-state index in [9.17, 15) is 9.18 Å². The van der Waals surface area contributed by atoms with Gasteiger partial charge in [-0.15, -0.1) is 11.3 Å². The number of benzene rings is 1. The van der Waals surface area contributed by atoms with Crippen LogP contribution in [-0.4, -0.2) is 45.6 Å². The van der Waals surface area contributed by atoms with E-state index in [0.29, 0.717) is 41.1 Å². The number of amides is 1. The van der Waals surface area contributed by atoms with Crippen LogP contribution in [0.5, 0.6) is 5.75 Å². The molecule has 0 unspecified atom stereocenters. The zero-order valence-corrected chi connectivity index (χ0v) is 18.6. The Kier molecular flexibility index (Phi) is 4.85. The first kappa shape index (κ1) is 20.4. The summed E-state index contributed by atoms with van der Waals surface area (Å²) in [6.07, 6.45) is 3.57. The van der Waals surface area contributed by atoms with E-state index in [1.807, 2.05) is 12.1 Å². The second-order valence-electron chi connectivity index (χ2n) is 7.93. The molecular weight excluding hydrogens is 429 g/mol. The molecule has 7 nitrogen and oxygen atoms in total. The van der Waals surface area contributed by atoms with Crippen molar-refractivity contribution in [2.75, 3.05) is 25.9 Å². The number of nitrogens with two attached hydrogens (primary N) is 1. The molecule has 2 N–H and O–H groups in total. The highest BCUT2D eigenvalue weighted by Gasteiger charge is 2.30. The number of thiophene rings is 1. The molecule has 9 heteroatoms.